The number of hydrogen-bond donors (Lipinski definition) is 1. The lowest BCUT2D eigenvalue weighted by Crippen LogP contribution is -2.24. The summed E-state index contributed by atoms with van der Waals surface area (Å²) in [6.45, 7) is 0.382. The van der Waals surface area contributed by atoms with Crippen LogP contribution in [0.5, 0.6) is 11.5 Å². The minimum atomic E-state index is -0.336. The molecule has 1 amide bonds. The second-order valence-corrected chi connectivity index (χ2v) is 5.33. The highest BCUT2D eigenvalue weighted by Gasteiger charge is 2.10. The predicted octanol–water partition coefficient (Wildman–Crippen LogP) is 2.09. The summed E-state index contributed by atoms with van der Waals surface area (Å²) in [5.74, 6) is 6.60. The van der Waals surface area contributed by atoms with Crippen molar-refractivity contribution in [3.05, 3.63) is 66.5 Å². The van der Waals surface area contributed by atoms with Gasteiger partial charge in [-0.1, -0.05) is 42.2 Å². The van der Waals surface area contributed by atoms with Gasteiger partial charge in [0.05, 0.1) is 25.5 Å². The highest BCUT2D eigenvalue weighted by Crippen LogP contribution is 2.25. The predicted molar refractivity (Wildman–Crippen MR) is 100.0 cm³/mol. The zero-order valence-electron chi connectivity index (χ0n) is 14.8. The summed E-state index contributed by atoms with van der Waals surface area (Å²) in [7, 11) is 1.58. The number of ether oxygens (including phenoxy) is 2. The average molecular weight is 362 g/mol. The third-order valence-corrected chi connectivity index (χ3v) is 3.54. The van der Waals surface area contributed by atoms with E-state index < -0.39 is 0 Å². The number of carbonyl (C=O) groups is 1. The second-order valence-electron chi connectivity index (χ2n) is 5.33. The molecule has 136 valence electrons. The standard InChI is InChI=1S/C20H18N4O3/c1-26-18-11-5-6-12-19(18)27-14-8-7-13-21-20(25)17-15-22-24(23-17)16-9-3-2-4-10-16/h2-6,9-12,15H,13-14H2,1H3,(H,21,25). The molecule has 3 aromatic rings. The smallest absolute Gasteiger partial charge is 0.274 e. The van der Waals surface area contributed by atoms with E-state index in [9.17, 15) is 4.79 Å². The van der Waals surface area contributed by atoms with Crippen LogP contribution in [0.25, 0.3) is 5.69 Å². The maximum atomic E-state index is 12.1. The zero-order valence-corrected chi connectivity index (χ0v) is 14.8. The molecule has 0 radical (unpaired) electrons. The first-order valence-corrected chi connectivity index (χ1v) is 8.25. The third-order valence-electron chi connectivity index (χ3n) is 3.54. The van der Waals surface area contributed by atoms with Crippen LogP contribution in [0.1, 0.15) is 10.5 Å². The van der Waals surface area contributed by atoms with Gasteiger partial charge in [-0.3, -0.25) is 4.79 Å². The van der Waals surface area contributed by atoms with E-state index in [0.29, 0.717) is 11.5 Å². The Hall–Kier alpha value is -3.79. The van der Waals surface area contributed by atoms with Crippen LogP contribution in [0.3, 0.4) is 0 Å². The van der Waals surface area contributed by atoms with Gasteiger partial charge in [0.25, 0.3) is 5.91 Å². The second kappa shape index (κ2) is 9.06. The van der Waals surface area contributed by atoms with Crippen LogP contribution in [0, 0.1) is 11.8 Å². The van der Waals surface area contributed by atoms with Crippen molar-refractivity contribution in [2.45, 2.75) is 0 Å². The van der Waals surface area contributed by atoms with Crippen molar-refractivity contribution < 1.29 is 14.3 Å². The van der Waals surface area contributed by atoms with E-state index in [1.54, 1.807) is 13.2 Å². The summed E-state index contributed by atoms with van der Waals surface area (Å²) in [5.41, 5.74) is 1.01. The van der Waals surface area contributed by atoms with Crippen molar-refractivity contribution in [3.8, 4) is 29.0 Å². The fraction of sp³-hybridized carbons (Fsp3) is 0.150. The number of nitrogens with zero attached hydrogens (tertiary/aromatic N) is 3. The summed E-state index contributed by atoms with van der Waals surface area (Å²) in [6.07, 6.45) is 1.42. The van der Waals surface area contributed by atoms with Crippen LogP contribution in [0.15, 0.2) is 60.8 Å². The maximum Gasteiger partial charge on any atom is 0.274 e. The zero-order chi connectivity index (χ0) is 18.9. The Bertz CT molecular complexity index is 958. The fourth-order valence-corrected chi connectivity index (χ4v) is 2.23. The Morgan fingerprint density at radius 3 is 2.59 bits per heavy atom. The van der Waals surface area contributed by atoms with Crippen LogP contribution in [0.2, 0.25) is 0 Å². The van der Waals surface area contributed by atoms with Crippen molar-refractivity contribution >= 4 is 5.91 Å². The molecular weight excluding hydrogens is 344 g/mol. The largest absolute Gasteiger partial charge is 0.493 e. The van der Waals surface area contributed by atoms with Gasteiger partial charge in [0, 0.05) is 0 Å². The minimum Gasteiger partial charge on any atom is -0.493 e. The molecule has 2 aromatic carbocycles. The van der Waals surface area contributed by atoms with E-state index in [-0.39, 0.29) is 24.8 Å². The number of benzene rings is 2. The number of nitrogens with one attached hydrogen (secondary N) is 1. The van der Waals surface area contributed by atoms with Gasteiger partial charge in [0.1, 0.15) is 6.61 Å². The molecule has 0 saturated heterocycles. The van der Waals surface area contributed by atoms with Crippen molar-refractivity contribution in [3.63, 3.8) is 0 Å². The number of hydrogen-bond acceptors (Lipinski definition) is 5. The number of carbonyl (C=O) groups excluding carboxylic acids is 1. The van der Waals surface area contributed by atoms with Crippen molar-refractivity contribution in [1.29, 1.82) is 0 Å². The molecule has 0 fully saturated rings. The Morgan fingerprint density at radius 2 is 1.81 bits per heavy atom. The molecule has 0 aliphatic carbocycles. The molecule has 0 atom stereocenters. The van der Waals surface area contributed by atoms with Gasteiger partial charge in [0.2, 0.25) is 0 Å². The Labute approximate surface area is 156 Å². The number of rotatable bonds is 6. The van der Waals surface area contributed by atoms with E-state index in [2.05, 4.69) is 27.4 Å². The first kappa shape index (κ1) is 18.0. The summed E-state index contributed by atoms with van der Waals surface area (Å²) < 4.78 is 10.7. The van der Waals surface area contributed by atoms with E-state index in [0.717, 1.165) is 5.69 Å². The van der Waals surface area contributed by atoms with Gasteiger partial charge >= 0.3 is 0 Å². The minimum absolute atomic E-state index is 0.187. The van der Waals surface area contributed by atoms with Crippen molar-refractivity contribution in [2.24, 2.45) is 0 Å². The highest BCUT2D eigenvalue weighted by molar-refractivity contribution is 5.92. The number of aromatic nitrogens is 3. The van der Waals surface area contributed by atoms with E-state index in [1.165, 1.54) is 11.0 Å². The lowest BCUT2D eigenvalue weighted by molar-refractivity contribution is 0.0953. The van der Waals surface area contributed by atoms with Crippen molar-refractivity contribution in [1.82, 2.24) is 20.3 Å². The summed E-state index contributed by atoms with van der Waals surface area (Å²) in [5, 5.41) is 10.9. The monoisotopic (exact) mass is 362 g/mol. The van der Waals surface area contributed by atoms with Gasteiger partial charge in [0.15, 0.2) is 17.2 Å². The lowest BCUT2D eigenvalue weighted by atomic mass is 10.3. The van der Waals surface area contributed by atoms with E-state index in [1.807, 2.05) is 48.5 Å². The molecule has 1 aromatic heterocycles. The third kappa shape index (κ3) is 4.86. The molecule has 1 N–H and O–H groups in total. The summed E-state index contributed by atoms with van der Waals surface area (Å²) in [6, 6.07) is 16.7. The molecular formula is C20H18N4O3. The van der Waals surface area contributed by atoms with Gasteiger partial charge in [-0.05, 0) is 24.3 Å². The topological polar surface area (TPSA) is 78.3 Å². The molecule has 0 bridgehead atoms. The van der Waals surface area contributed by atoms with Crippen LogP contribution in [0.4, 0.5) is 0 Å². The van der Waals surface area contributed by atoms with Gasteiger partial charge in [-0.2, -0.15) is 9.90 Å². The molecule has 0 spiro atoms. The Kier molecular flexibility index (Phi) is 6.04. The molecule has 0 aliphatic heterocycles. The average Bonchev–Trinajstić information content (AvgIpc) is 3.22. The molecule has 0 unspecified atom stereocenters. The highest BCUT2D eigenvalue weighted by atomic mass is 16.5. The SMILES string of the molecule is COc1ccccc1OCC#CCNC(=O)c1cnn(-c2ccccc2)n1. The lowest BCUT2D eigenvalue weighted by Gasteiger charge is -2.07. The fourth-order valence-electron chi connectivity index (χ4n) is 2.23. The van der Waals surface area contributed by atoms with Gasteiger partial charge < -0.3 is 14.8 Å². The quantitative estimate of drug-likeness (QED) is 0.680. The maximum absolute atomic E-state index is 12.1. The number of para-hydroxylation sites is 3. The van der Waals surface area contributed by atoms with Crippen LogP contribution >= 0.6 is 0 Å². The molecule has 7 nitrogen and oxygen atoms in total. The number of methoxy groups -OCH3 is 1. The molecule has 0 aliphatic rings. The van der Waals surface area contributed by atoms with Gasteiger partial charge in [-0.15, -0.1) is 5.10 Å². The molecule has 3 rings (SSSR count). The molecule has 27 heavy (non-hydrogen) atoms. The van der Waals surface area contributed by atoms with Crippen LogP contribution < -0.4 is 14.8 Å². The summed E-state index contributed by atoms with van der Waals surface area (Å²) in [4.78, 5) is 13.5. The van der Waals surface area contributed by atoms with Crippen LogP contribution in [-0.2, 0) is 0 Å². The Balaban J connectivity index is 1.47. The first-order valence-electron chi connectivity index (χ1n) is 8.25. The van der Waals surface area contributed by atoms with Gasteiger partial charge in [-0.25, -0.2) is 0 Å². The van der Waals surface area contributed by atoms with E-state index in [4.69, 9.17) is 9.47 Å². The number of amides is 1. The van der Waals surface area contributed by atoms with E-state index >= 15 is 0 Å². The summed E-state index contributed by atoms with van der Waals surface area (Å²) >= 11 is 0. The Morgan fingerprint density at radius 1 is 1.07 bits per heavy atom. The first-order chi connectivity index (χ1) is 13.3. The molecule has 0 saturated carbocycles. The van der Waals surface area contributed by atoms with Crippen LogP contribution in [-0.4, -0.2) is 41.2 Å². The van der Waals surface area contributed by atoms with Crippen molar-refractivity contribution in [2.75, 3.05) is 20.3 Å². The normalized spacial score (nSPS) is 9.81. The molecule has 7 heteroatoms. The molecule has 1 heterocycles.